The van der Waals surface area contributed by atoms with E-state index in [1.165, 1.54) is 0 Å². The van der Waals surface area contributed by atoms with Crippen molar-refractivity contribution in [3.05, 3.63) is 11.6 Å². The number of aliphatic hydroxyl groups is 1. The summed E-state index contributed by atoms with van der Waals surface area (Å²) in [6, 6.07) is 0. The van der Waals surface area contributed by atoms with Gasteiger partial charge in [0.25, 0.3) is 0 Å². The fourth-order valence-electron chi connectivity index (χ4n) is 1.61. The summed E-state index contributed by atoms with van der Waals surface area (Å²) in [4.78, 5) is 13.0. The number of nitrogens with zero attached hydrogens (tertiary/aromatic N) is 1. The minimum absolute atomic E-state index is 0.0654. The Balaban J connectivity index is 2.07. The first-order valence-electron chi connectivity index (χ1n) is 4.08. The van der Waals surface area contributed by atoms with Crippen LogP contribution in [0.1, 0.15) is 13.3 Å². The van der Waals surface area contributed by atoms with Gasteiger partial charge < -0.3 is 10.0 Å². The van der Waals surface area contributed by atoms with Gasteiger partial charge in [-0.2, -0.15) is 0 Å². The van der Waals surface area contributed by atoms with Gasteiger partial charge in [0, 0.05) is 6.20 Å². The number of carbonyl (C=O) groups is 1. The summed E-state index contributed by atoms with van der Waals surface area (Å²) >= 11 is 1.61. The van der Waals surface area contributed by atoms with Crippen LogP contribution in [-0.4, -0.2) is 27.4 Å². The van der Waals surface area contributed by atoms with Gasteiger partial charge in [-0.25, -0.2) is 0 Å². The van der Waals surface area contributed by atoms with Crippen molar-refractivity contribution < 1.29 is 9.90 Å². The fourth-order valence-corrected chi connectivity index (χ4v) is 2.74. The molecular formula is C8H11NO2S. The van der Waals surface area contributed by atoms with Gasteiger partial charge in [0.05, 0.1) is 12.0 Å². The second-order valence-electron chi connectivity index (χ2n) is 3.06. The van der Waals surface area contributed by atoms with E-state index in [1.54, 1.807) is 22.9 Å². The van der Waals surface area contributed by atoms with Crippen LogP contribution in [0.4, 0.5) is 0 Å². The molecule has 4 heteroatoms. The van der Waals surface area contributed by atoms with Crippen LogP contribution in [0.15, 0.2) is 11.6 Å². The Hall–Kier alpha value is -0.480. The van der Waals surface area contributed by atoms with Gasteiger partial charge in [-0.1, -0.05) is 6.92 Å². The molecule has 1 N–H and O–H groups in total. The molecule has 1 saturated heterocycles. The van der Waals surface area contributed by atoms with Gasteiger partial charge in [-0.15, -0.1) is 11.8 Å². The van der Waals surface area contributed by atoms with Crippen LogP contribution >= 0.6 is 11.8 Å². The summed E-state index contributed by atoms with van der Waals surface area (Å²) < 4.78 is 0. The molecule has 1 amide bonds. The minimum Gasteiger partial charge on any atom is -0.392 e. The number of aliphatic hydroxyl groups excluding tert-OH is 1. The number of amides is 1. The van der Waals surface area contributed by atoms with Crippen molar-refractivity contribution in [2.75, 3.05) is 0 Å². The normalized spacial score (nSPS) is 34.8. The minimum atomic E-state index is -0.467. The zero-order chi connectivity index (χ0) is 8.72. The van der Waals surface area contributed by atoms with E-state index in [-0.39, 0.29) is 17.2 Å². The number of β-lactam (4-membered cyclic amide) rings is 1. The van der Waals surface area contributed by atoms with Crippen LogP contribution in [-0.2, 0) is 4.79 Å². The molecule has 3 nitrogen and oxygen atoms in total. The zero-order valence-electron chi connectivity index (χ0n) is 6.80. The van der Waals surface area contributed by atoms with Crippen LogP contribution in [0.2, 0.25) is 0 Å². The lowest BCUT2D eigenvalue weighted by atomic mass is 9.91. The van der Waals surface area contributed by atoms with E-state index >= 15 is 0 Å². The first kappa shape index (κ1) is 8.13. The highest BCUT2D eigenvalue weighted by Crippen LogP contribution is 2.42. The van der Waals surface area contributed by atoms with Crippen molar-refractivity contribution in [1.82, 2.24) is 4.90 Å². The van der Waals surface area contributed by atoms with E-state index in [1.807, 2.05) is 12.3 Å². The van der Waals surface area contributed by atoms with Gasteiger partial charge >= 0.3 is 0 Å². The van der Waals surface area contributed by atoms with E-state index in [9.17, 15) is 9.90 Å². The van der Waals surface area contributed by atoms with Crippen molar-refractivity contribution in [1.29, 1.82) is 0 Å². The molecule has 2 rings (SSSR count). The highest BCUT2D eigenvalue weighted by atomic mass is 32.2. The summed E-state index contributed by atoms with van der Waals surface area (Å²) in [5.41, 5.74) is 0. The van der Waals surface area contributed by atoms with Crippen LogP contribution in [0, 0.1) is 5.92 Å². The fraction of sp³-hybridized carbons (Fsp3) is 0.625. The van der Waals surface area contributed by atoms with Crippen molar-refractivity contribution in [2.45, 2.75) is 24.8 Å². The number of carbonyl (C=O) groups excluding carboxylic acids is 1. The lowest BCUT2D eigenvalue weighted by Crippen LogP contribution is -2.59. The molecule has 1 fully saturated rings. The largest absolute Gasteiger partial charge is 0.392 e. The van der Waals surface area contributed by atoms with E-state index < -0.39 is 6.10 Å². The number of thioether (sulfide) groups is 1. The standard InChI is InChI=1S/C8H11NO2S/c1-2-5(10)6-7(11)9-3-4-12-8(6)9/h3-6,8,10H,2H2,1H3/t5-,6?,8+/m0/s1. The molecule has 2 heterocycles. The van der Waals surface area contributed by atoms with Gasteiger partial charge in [0.2, 0.25) is 5.91 Å². The second-order valence-corrected chi connectivity index (χ2v) is 4.09. The topological polar surface area (TPSA) is 40.5 Å². The summed E-state index contributed by atoms with van der Waals surface area (Å²) in [7, 11) is 0. The van der Waals surface area contributed by atoms with Gasteiger partial charge in [-0.05, 0) is 11.8 Å². The zero-order valence-corrected chi connectivity index (χ0v) is 7.62. The van der Waals surface area contributed by atoms with E-state index in [2.05, 4.69) is 0 Å². The van der Waals surface area contributed by atoms with Crippen molar-refractivity contribution in [3.8, 4) is 0 Å². The number of hydrogen-bond donors (Lipinski definition) is 1. The molecule has 2 aliphatic rings. The number of rotatable bonds is 2. The predicted molar refractivity (Wildman–Crippen MR) is 47.2 cm³/mol. The molecule has 1 unspecified atom stereocenters. The Morgan fingerprint density at radius 3 is 3.25 bits per heavy atom. The molecule has 0 aromatic rings. The monoisotopic (exact) mass is 185 g/mol. The Kier molecular flexibility index (Phi) is 1.88. The van der Waals surface area contributed by atoms with Gasteiger partial charge in [0.15, 0.2) is 0 Å². The average Bonchev–Trinajstić information content (AvgIpc) is 2.48. The summed E-state index contributed by atoms with van der Waals surface area (Å²) in [5.74, 6) is -0.106. The Morgan fingerprint density at radius 2 is 2.58 bits per heavy atom. The average molecular weight is 185 g/mol. The molecule has 0 bridgehead atoms. The Bertz CT molecular complexity index is 241. The number of fused-ring (bicyclic) bond motifs is 1. The van der Waals surface area contributed by atoms with Crippen molar-refractivity contribution in [2.24, 2.45) is 5.92 Å². The highest BCUT2D eigenvalue weighted by molar-refractivity contribution is 8.03. The molecular weight excluding hydrogens is 174 g/mol. The molecule has 2 aliphatic heterocycles. The number of hydrogen-bond acceptors (Lipinski definition) is 3. The molecule has 3 atom stereocenters. The summed E-state index contributed by atoms with van der Waals surface area (Å²) in [6.45, 7) is 1.90. The molecule has 12 heavy (non-hydrogen) atoms. The van der Waals surface area contributed by atoms with Crippen LogP contribution in [0.5, 0.6) is 0 Å². The Labute approximate surface area is 75.4 Å². The van der Waals surface area contributed by atoms with Crippen molar-refractivity contribution >= 4 is 17.7 Å². The maximum absolute atomic E-state index is 11.3. The second kappa shape index (κ2) is 2.78. The maximum atomic E-state index is 11.3. The molecule has 0 aromatic heterocycles. The lowest BCUT2D eigenvalue weighted by Gasteiger charge is -2.43. The van der Waals surface area contributed by atoms with E-state index in [4.69, 9.17) is 0 Å². The van der Waals surface area contributed by atoms with Gasteiger partial charge in [-0.3, -0.25) is 4.79 Å². The molecule has 0 aromatic carbocycles. The third-order valence-corrected chi connectivity index (χ3v) is 3.47. The summed E-state index contributed by atoms with van der Waals surface area (Å²) in [5, 5.41) is 11.6. The van der Waals surface area contributed by atoms with Crippen LogP contribution < -0.4 is 0 Å². The third-order valence-electron chi connectivity index (χ3n) is 2.39. The van der Waals surface area contributed by atoms with E-state index in [0.717, 1.165) is 0 Å². The quantitative estimate of drug-likeness (QED) is 0.646. The SMILES string of the molecule is CC[C@H](O)C1C(=O)N2C=CS[C@H]12. The molecule has 66 valence electrons. The molecule has 0 spiro atoms. The lowest BCUT2D eigenvalue weighted by molar-refractivity contribution is -0.152. The molecule has 0 radical (unpaired) electrons. The Morgan fingerprint density at radius 1 is 1.83 bits per heavy atom. The smallest absolute Gasteiger partial charge is 0.236 e. The van der Waals surface area contributed by atoms with Crippen LogP contribution in [0.3, 0.4) is 0 Å². The summed E-state index contributed by atoms with van der Waals surface area (Å²) in [6.07, 6.45) is 1.98. The highest BCUT2D eigenvalue weighted by Gasteiger charge is 2.51. The van der Waals surface area contributed by atoms with E-state index in [0.29, 0.717) is 6.42 Å². The van der Waals surface area contributed by atoms with Crippen LogP contribution in [0.25, 0.3) is 0 Å². The molecule has 0 aliphatic carbocycles. The molecule has 0 saturated carbocycles. The maximum Gasteiger partial charge on any atom is 0.236 e. The third kappa shape index (κ3) is 0.912. The van der Waals surface area contributed by atoms with Crippen molar-refractivity contribution in [3.63, 3.8) is 0 Å². The van der Waals surface area contributed by atoms with Gasteiger partial charge in [0.1, 0.15) is 5.37 Å². The first-order chi connectivity index (χ1) is 5.75. The first-order valence-corrected chi connectivity index (χ1v) is 5.02. The predicted octanol–water partition coefficient (Wildman–Crippen LogP) is 0.760.